The van der Waals surface area contributed by atoms with Crippen LogP contribution in [-0.4, -0.2) is 10.9 Å². The number of carbonyl (C=O) groups is 1. The van der Waals surface area contributed by atoms with Gasteiger partial charge in [-0.3, -0.25) is 14.9 Å². The fourth-order valence-electron chi connectivity index (χ4n) is 3.06. The molecular formula is C24H14ClNO6. The van der Waals surface area contributed by atoms with Gasteiger partial charge in [0.2, 0.25) is 0 Å². The van der Waals surface area contributed by atoms with Gasteiger partial charge in [0.25, 0.3) is 5.69 Å². The fraction of sp³-hybridized carbons (Fsp3) is 0. The van der Waals surface area contributed by atoms with E-state index >= 15 is 0 Å². The van der Waals surface area contributed by atoms with E-state index in [-0.39, 0.29) is 22.4 Å². The van der Waals surface area contributed by atoms with Gasteiger partial charge in [-0.15, -0.1) is 0 Å². The SMILES string of the molecule is O=C(/C=C/c1cccc([N+](=O)[O-])c1)Oc1ccc2c(=O)c(-c3ccc(Cl)cc3)coc2c1. The first-order chi connectivity index (χ1) is 15.4. The number of hydrogen-bond donors (Lipinski definition) is 0. The van der Waals surface area contributed by atoms with Gasteiger partial charge < -0.3 is 9.15 Å². The molecule has 1 heterocycles. The lowest BCUT2D eigenvalue weighted by atomic mass is 10.1. The monoisotopic (exact) mass is 447 g/mol. The Bertz CT molecular complexity index is 1420. The normalized spacial score (nSPS) is 11.0. The Morgan fingerprint density at radius 1 is 1.06 bits per heavy atom. The van der Waals surface area contributed by atoms with Crippen LogP contribution in [0.25, 0.3) is 28.2 Å². The molecule has 0 bridgehead atoms. The maximum atomic E-state index is 12.8. The largest absolute Gasteiger partial charge is 0.463 e. The zero-order valence-corrected chi connectivity index (χ0v) is 17.1. The summed E-state index contributed by atoms with van der Waals surface area (Å²) in [5.41, 5.74) is 1.50. The predicted octanol–water partition coefficient (Wildman–Crippen LogP) is 5.64. The molecular weight excluding hydrogens is 434 g/mol. The van der Waals surface area contributed by atoms with Crippen molar-refractivity contribution in [1.29, 1.82) is 0 Å². The summed E-state index contributed by atoms with van der Waals surface area (Å²) in [5, 5.41) is 11.7. The Balaban J connectivity index is 1.54. The van der Waals surface area contributed by atoms with Gasteiger partial charge in [-0.2, -0.15) is 0 Å². The van der Waals surface area contributed by atoms with E-state index in [4.69, 9.17) is 20.8 Å². The van der Waals surface area contributed by atoms with Crippen LogP contribution in [0.3, 0.4) is 0 Å². The molecule has 0 atom stereocenters. The number of nitro benzene ring substituents is 1. The lowest BCUT2D eigenvalue weighted by Crippen LogP contribution is -2.06. The maximum Gasteiger partial charge on any atom is 0.336 e. The number of carbonyl (C=O) groups excluding carboxylic acids is 1. The van der Waals surface area contributed by atoms with Crippen molar-refractivity contribution in [3.8, 4) is 16.9 Å². The Morgan fingerprint density at radius 2 is 1.84 bits per heavy atom. The molecule has 4 aromatic rings. The maximum absolute atomic E-state index is 12.8. The van der Waals surface area contributed by atoms with Crippen molar-refractivity contribution < 1.29 is 18.9 Å². The number of esters is 1. The van der Waals surface area contributed by atoms with Crippen LogP contribution in [0.4, 0.5) is 5.69 Å². The predicted molar refractivity (Wildman–Crippen MR) is 121 cm³/mol. The molecule has 0 saturated carbocycles. The van der Waals surface area contributed by atoms with Gasteiger partial charge in [0.15, 0.2) is 5.43 Å². The fourth-order valence-corrected chi connectivity index (χ4v) is 3.18. The van der Waals surface area contributed by atoms with Crippen LogP contribution in [-0.2, 0) is 4.79 Å². The van der Waals surface area contributed by atoms with Crippen LogP contribution >= 0.6 is 11.6 Å². The van der Waals surface area contributed by atoms with Crippen molar-refractivity contribution >= 4 is 40.3 Å². The van der Waals surface area contributed by atoms with E-state index < -0.39 is 10.9 Å². The van der Waals surface area contributed by atoms with Crippen LogP contribution in [0.1, 0.15) is 5.56 Å². The number of benzene rings is 3. The van der Waals surface area contributed by atoms with Crippen LogP contribution in [0.15, 0.2) is 88.3 Å². The van der Waals surface area contributed by atoms with Gasteiger partial charge in [-0.25, -0.2) is 4.79 Å². The number of ether oxygens (including phenoxy) is 1. The number of nitro groups is 1. The minimum absolute atomic E-state index is 0.0805. The Kier molecular flexibility index (Phi) is 5.83. The summed E-state index contributed by atoms with van der Waals surface area (Å²) >= 11 is 5.89. The molecule has 8 heteroatoms. The number of non-ortho nitro benzene ring substituents is 1. The molecule has 0 unspecified atom stereocenters. The van der Waals surface area contributed by atoms with E-state index in [9.17, 15) is 19.7 Å². The molecule has 0 aliphatic rings. The summed E-state index contributed by atoms with van der Waals surface area (Å²) in [4.78, 5) is 35.3. The quantitative estimate of drug-likeness (QED) is 0.129. The Morgan fingerprint density at radius 3 is 2.59 bits per heavy atom. The van der Waals surface area contributed by atoms with Crippen LogP contribution in [0.2, 0.25) is 5.02 Å². The lowest BCUT2D eigenvalue weighted by molar-refractivity contribution is -0.384. The Hall–Kier alpha value is -4.23. The van der Waals surface area contributed by atoms with Gasteiger partial charge in [0.05, 0.1) is 15.9 Å². The molecule has 0 N–H and O–H groups in total. The first-order valence-corrected chi connectivity index (χ1v) is 9.74. The van der Waals surface area contributed by atoms with Crippen molar-refractivity contribution in [2.24, 2.45) is 0 Å². The van der Waals surface area contributed by atoms with E-state index in [0.29, 0.717) is 27.1 Å². The minimum atomic E-state index is -0.684. The molecule has 0 spiro atoms. The zero-order valence-electron chi connectivity index (χ0n) is 16.4. The average Bonchev–Trinajstić information content (AvgIpc) is 2.79. The van der Waals surface area contributed by atoms with E-state index in [2.05, 4.69) is 0 Å². The highest BCUT2D eigenvalue weighted by Crippen LogP contribution is 2.24. The first-order valence-electron chi connectivity index (χ1n) is 9.36. The summed E-state index contributed by atoms with van der Waals surface area (Å²) in [7, 11) is 0. The second-order valence-corrected chi connectivity index (χ2v) is 7.19. The van der Waals surface area contributed by atoms with Crippen molar-refractivity contribution in [3.63, 3.8) is 0 Å². The third-order valence-corrected chi connectivity index (χ3v) is 4.86. The molecule has 0 saturated heterocycles. The number of hydrogen-bond acceptors (Lipinski definition) is 6. The number of rotatable bonds is 5. The molecule has 1 aromatic heterocycles. The summed E-state index contributed by atoms with van der Waals surface area (Å²) in [5.74, 6) is -0.496. The van der Waals surface area contributed by atoms with Crippen LogP contribution in [0, 0.1) is 10.1 Å². The summed E-state index contributed by atoms with van der Waals surface area (Å²) in [6, 6.07) is 17.1. The molecule has 4 rings (SSSR count). The topological polar surface area (TPSA) is 99.6 Å². The second-order valence-electron chi connectivity index (χ2n) is 6.75. The van der Waals surface area contributed by atoms with Crippen LogP contribution in [0.5, 0.6) is 5.75 Å². The number of nitrogens with zero attached hydrogens (tertiary/aromatic N) is 1. The molecule has 158 valence electrons. The van der Waals surface area contributed by atoms with Gasteiger partial charge in [-0.05, 0) is 41.5 Å². The third-order valence-electron chi connectivity index (χ3n) is 4.61. The highest BCUT2D eigenvalue weighted by molar-refractivity contribution is 6.30. The molecule has 0 fully saturated rings. The van der Waals surface area contributed by atoms with E-state index in [1.54, 1.807) is 30.3 Å². The van der Waals surface area contributed by atoms with Gasteiger partial charge in [0.1, 0.15) is 17.6 Å². The molecule has 0 aliphatic carbocycles. The smallest absolute Gasteiger partial charge is 0.336 e. The molecule has 32 heavy (non-hydrogen) atoms. The average molecular weight is 448 g/mol. The standard InChI is InChI=1S/C24H14ClNO6/c25-17-7-5-16(6-8-17)21-14-31-22-13-19(9-10-20(22)24(21)28)32-23(27)11-4-15-2-1-3-18(12-15)26(29)30/h1-14H/b11-4+. The van der Waals surface area contributed by atoms with Crippen molar-refractivity contribution in [2.45, 2.75) is 0 Å². The van der Waals surface area contributed by atoms with Crippen molar-refractivity contribution in [1.82, 2.24) is 0 Å². The second kappa shape index (κ2) is 8.87. The number of fused-ring (bicyclic) bond motifs is 1. The van der Waals surface area contributed by atoms with E-state index in [0.717, 1.165) is 6.08 Å². The van der Waals surface area contributed by atoms with E-state index in [1.807, 2.05) is 0 Å². The van der Waals surface area contributed by atoms with Gasteiger partial charge in [-0.1, -0.05) is 35.9 Å². The minimum Gasteiger partial charge on any atom is -0.463 e. The molecule has 7 nitrogen and oxygen atoms in total. The first kappa shape index (κ1) is 21.0. The molecule has 0 amide bonds. The van der Waals surface area contributed by atoms with E-state index in [1.165, 1.54) is 48.7 Å². The van der Waals surface area contributed by atoms with Crippen molar-refractivity contribution in [3.05, 3.63) is 110 Å². The Labute approximate surface area is 186 Å². The summed E-state index contributed by atoms with van der Waals surface area (Å²) < 4.78 is 10.8. The highest BCUT2D eigenvalue weighted by atomic mass is 35.5. The van der Waals surface area contributed by atoms with Gasteiger partial charge in [0, 0.05) is 29.3 Å². The van der Waals surface area contributed by atoms with Crippen LogP contribution < -0.4 is 10.2 Å². The number of halogens is 1. The van der Waals surface area contributed by atoms with Gasteiger partial charge >= 0.3 is 5.97 Å². The molecule has 0 radical (unpaired) electrons. The zero-order chi connectivity index (χ0) is 22.7. The summed E-state index contributed by atoms with van der Waals surface area (Å²) in [6.45, 7) is 0. The molecule has 3 aromatic carbocycles. The lowest BCUT2D eigenvalue weighted by Gasteiger charge is -2.05. The van der Waals surface area contributed by atoms with Crippen molar-refractivity contribution in [2.75, 3.05) is 0 Å². The highest BCUT2D eigenvalue weighted by Gasteiger charge is 2.11. The molecule has 0 aliphatic heterocycles. The third kappa shape index (κ3) is 4.58. The summed E-state index contributed by atoms with van der Waals surface area (Å²) in [6.07, 6.45) is 3.92.